The van der Waals surface area contributed by atoms with E-state index in [4.69, 9.17) is 4.74 Å². The Morgan fingerprint density at radius 3 is 2.62 bits per heavy atom. The van der Waals surface area contributed by atoms with Crippen LogP contribution < -0.4 is 5.32 Å². The average molecular weight is 476 g/mol. The SMILES string of the molecule is COC(=O)C(C)Sc1ccccc1C(=O)Nc1cccc(S(=O)(=O)N=C2CCCN2C)c1. The first-order valence-corrected chi connectivity index (χ1v) is 12.3. The van der Waals surface area contributed by atoms with E-state index < -0.39 is 27.1 Å². The lowest BCUT2D eigenvalue weighted by Crippen LogP contribution is -2.20. The minimum atomic E-state index is -3.90. The minimum Gasteiger partial charge on any atom is -0.468 e. The highest BCUT2D eigenvalue weighted by molar-refractivity contribution is 8.00. The molecule has 10 heteroatoms. The molecular formula is C22H25N3O5S2. The second kappa shape index (κ2) is 10.2. The first kappa shape index (κ1) is 23.8. The molecule has 1 N–H and O–H groups in total. The molecule has 1 atom stereocenters. The summed E-state index contributed by atoms with van der Waals surface area (Å²) in [4.78, 5) is 27.1. The molecule has 32 heavy (non-hydrogen) atoms. The summed E-state index contributed by atoms with van der Waals surface area (Å²) in [6.45, 7) is 2.47. The Kier molecular flexibility index (Phi) is 7.57. The topological polar surface area (TPSA) is 105 Å². The summed E-state index contributed by atoms with van der Waals surface area (Å²) < 4.78 is 34.2. The number of thioether (sulfide) groups is 1. The fourth-order valence-corrected chi connectivity index (χ4v) is 5.35. The molecule has 170 valence electrons. The predicted molar refractivity (Wildman–Crippen MR) is 125 cm³/mol. The van der Waals surface area contributed by atoms with Gasteiger partial charge in [-0.15, -0.1) is 16.2 Å². The number of hydrogen-bond donors (Lipinski definition) is 1. The average Bonchev–Trinajstić information content (AvgIpc) is 3.17. The molecule has 0 radical (unpaired) electrons. The zero-order chi connectivity index (χ0) is 23.3. The quantitative estimate of drug-likeness (QED) is 0.483. The number of ether oxygens (including phenoxy) is 1. The maximum Gasteiger partial charge on any atom is 0.318 e. The number of rotatable bonds is 7. The van der Waals surface area contributed by atoms with Gasteiger partial charge in [-0.1, -0.05) is 18.2 Å². The largest absolute Gasteiger partial charge is 0.468 e. The molecule has 0 spiro atoms. The Bertz CT molecular complexity index is 1150. The standard InChI is InChI=1S/C22H25N3O5S2/c1-15(22(27)30-3)31-19-11-5-4-10-18(19)21(26)23-16-8-6-9-17(14-16)32(28,29)24-20-12-7-13-25(20)2/h4-6,8-11,14-15H,7,12-13H2,1-3H3,(H,23,26). The van der Waals surface area contributed by atoms with Gasteiger partial charge in [-0.25, -0.2) is 0 Å². The number of anilines is 1. The third-order valence-corrected chi connectivity index (χ3v) is 7.38. The van der Waals surface area contributed by atoms with Crippen molar-refractivity contribution in [3.8, 4) is 0 Å². The van der Waals surface area contributed by atoms with Crippen LogP contribution in [-0.2, 0) is 19.6 Å². The van der Waals surface area contributed by atoms with Gasteiger partial charge in [-0.05, 0) is 43.7 Å². The number of carbonyl (C=O) groups is 2. The van der Waals surface area contributed by atoms with Gasteiger partial charge in [0.15, 0.2) is 0 Å². The van der Waals surface area contributed by atoms with E-state index in [1.165, 1.54) is 31.0 Å². The molecule has 0 aliphatic carbocycles. The molecular weight excluding hydrogens is 450 g/mol. The monoisotopic (exact) mass is 475 g/mol. The van der Waals surface area contributed by atoms with Crippen molar-refractivity contribution in [2.75, 3.05) is 26.0 Å². The van der Waals surface area contributed by atoms with Crippen LogP contribution in [0.15, 0.2) is 62.7 Å². The number of esters is 1. The maximum atomic E-state index is 12.9. The molecule has 3 rings (SSSR count). The summed E-state index contributed by atoms with van der Waals surface area (Å²) >= 11 is 1.21. The summed E-state index contributed by atoms with van der Waals surface area (Å²) in [5.74, 6) is -0.274. The summed E-state index contributed by atoms with van der Waals surface area (Å²) in [5.41, 5.74) is 0.700. The molecule has 1 unspecified atom stereocenters. The molecule has 0 saturated carbocycles. The van der Waals surface area contributed by atoms with Gasteiger partial charge in [-0.2, -0.15) is 8.42 Å². The number of methoxy groups -OCH3 is 1. The van der Waals surface area contributed by atoms with E-state index in [1.807, 2.05) is 11.9 Å². The van der Waals surface area contributed by atoms with Gasteiger partial charge in [0, 0.05) is 30.6 Å². The van der Waals surface area contributed by atoms with Gasteiger partial charge in [0.25, 0.3) is 15.9 Å². The molecule has 0 bridgehead atoms. The number of benzene rings is 2. The van der Waals surface area contributed by atoms with Gasteiger partial charge in [-0.3, -0.25) is 9.59 Å². The first-order chi connectivity index (χ1) is 15.2. The van der Waals surface area contributed by atoms with Crippen molar-refractivity contribution in [2.24, 2.45) is 4.40 Å². The highest BCUT2D eigenvalue weighted by atomic mass is 32.2. The van der Waals surface area contributed by atoms with Crippen LogP contribution in [-0.4, -0.2) is 57.0 Å². The van der Waals surface area contributed by atoms with Crippen molar-refractivity contribution in [3.63, 3.8) is 0 Å². The van der Waals surface area contributed by atoms with Crippen LogP contribution in [0.5, 0.6) is 0 Å². The van der Waals surface area contributed by atoms with Crippen LogP contribution in [0.3, 0.4) is 0 Å². The number of amides is 1. The van der Waals surface area contributed by atoms with E-state index in [1.54, 1.807) is 43.3 Å². The number of nitrogens with one attached hydrogen (secondary N) is 1. The highest BCUT2D eigenvalue weighted by Crippen LogP contribution is 2.28. The van der Waals surface area contributed by atoms with Crippen molar-refractivity contribution in [2.45, 2.75) is 34.8 Å². The zero-order valence-corrected chi connectivity index (χ0v) is 19.7. The number of sulfonamides is 1. The predicted octanol–water partition coefficient (Wildman–Crippen LogP) is 3.41. The smallest absolute Gasteiger partial charge is 0.318 e. The summed E-state index contributed by atoms with van der Waals surface area (Å²) in [5, 5.41) is 2.25. The summed E-state index contributed by atoms with van der Waals surface area (Å²) in [6, 6.07) is 12.9. The van der Waals surface area contributed by atoms with Crippen molar-refractivity contribution in [1.29, 1.82) is 0 Å². The van der Waals surface area contributed by atoms with Crippen molar-refractivity contribution in [3.05, 3.63) is 54.1 Å². The lowest BCUT2D eigenvalue weighted by Gasteiger charge is -2.13. The molecule has 8 nitrogen and oxygen atoms in total. The van der Waals surface area contributed by atoms with Gasteiger partial charge in [0.2, 0.25) is 0 Å². The minimum absolute atomic E-state index is 0.00470. The number of likely N-dealkylation sites (tertiary alicyclic amines) is 1. The lowest BCUT2D eigenvalue weighted by molar-refractivity contribution is -0.139. The maximum absolute atomic E-state index is 12.9. The highest BCUT2D eigenvalue weighted by Gasteiger charge is 2.22. The van der Waals surface area contributed by atoms with Crippen LogP contribution in [0.25, 0.3) is 0 Å². The van der Waals surface area contributed by atoms with E-state index in [9.17, 15) is 18.0 Å². The Balaban J connectivity index is 1.81. The molecule has 1 aliphatic heterocycles. The fourth-order valence-electron chi connectivity index (χ4n) is 3.20. The van der Waals surface area contributed by atoms with E-state index in [-0.39, 0.29) is 4.90 Å². The molecule has 1 heterocycles. The zero-order valence-electron chi connectivity index (χ0n) is 18.1. The summed E-state index contributed by atoms with van der Waals surface area (Å²) in [6.07, 6.45) is 1.48. The number of nitrogens with zero attached hydrogens (tertiary/aromatic N) is 2. The second-order valence-corrected chi connectivity index (χ2v) is 10.3. The Morgan fingerprint density at radius 2 is 1.94 bits per heavy atom. The van der Waals surface area contributed by atoms with Crippen molar-refractivity contribution in [1.82, 2.24) is 4.90 Å². The Morgan fingerprint density at radius 1 is 1.19 bits per heavy atom. The van der Waals surface area contributed by atoms with Crippen LogP contribution >= 0.6 is 11.8 Å². The van der Waals surface area contributed by atoms with Gasteiger partial charge in [0.05, 0.1) is 17.6 Å². The van der Waals surface area contributed by atoms with E-state index >= 15 is 0 Å². The molecule has 1 aliphatic rings. The van der Waals surface area contributed by atoms with E-state index in [0.29, 0.717) is 28.4 Å². The van der Waals surface area contributed by atoms with Crippen molar-refractivity contribution >= 4 is 45.2 Å². The third kappa shape index (κ3) is 5.68. The van der Waals surface area contributed by atoms with Crippen LogP contribution in [0, 0.1) is 0 Å². The second-order valence-electron chi connectivity index (χ2n) is 7.27. The molecule has 1 saturated heterocycles. The first-order valence-electron chi connectivity index (χ1n) is 10.0. The molecule has 2 aromatic rings. The normalized spacial score (nSPS) is 16.1. The van der Waals surface area contributed by atoms with Gasteiger partial charge < -0.3 is 15.0 Å². The number of carbonyl (C=O) groups excluding carboxylic acids is 2. The summed E-state index contributed by atoms with van der Waals surface area (Å²) in [7, 11) is -0.768. The molecule has 0 aromatic heterocycles. The molecule has 2 aromatic carbocycles. The fraction of sp³-hybridized carbons (Fsp3) is 0.318. The Labute approximate surface area is 192 Å². The molecule has 1 fully saturated rings. The van der Waals surface area contributed by atoms with Crippen LogP contribution in [0.2, 0.25) is 0 Å². The Hall–Kier alpha value is -2.85. The van der Waals surface area contributed by atoms with Gasteiger partial charge in [0.1, 0.15) is 11.1 Å². The van der Waals surface area contributed by atoms with Crippen LogP contribution in [0.4, 0.5) is 5.69 Å². The number of hydrogen-bond acceptors (Lipinski definition) is 6. The van der Waals surface area contributed by atoms with E-state index in [0.717, 1.165) is 13.0 Å². The van der Waals surface area contributed by atoms with Crippen molar-refractivity contribution < 1.29 is 22.7 Å². The number of amidine groups is 1. The molecule has 1 amide bonds. The third-order valence-electron chi connectivity index (χ3n) is 4.92. The van der Waals surface area contributed by atoms with Gasteiger partial charge >= 0.3 is 5.97 Å². The van der Waals surface area contributed by atoms with E-state index in [2.05, 4.69) is 9.71 Å². The lowest BCUT2D eigenvalue weighted by atomic mass is 10.2. The van der Waals surface area contributed by atoms with Crippen LogP contribution in [0.1, 0.15) is 30.1 Å².